The Bertz CT molecular complexity index is 337. The molecule has 0 nitrogen and oxygen atoms in total. The first-order chi connectivity index (χ1) is 6.25. The van der Waals surface area contributed by atoms with Crippen molar-refractivity contribution >= 4 is 0 Å². The number of benzene rings is 1. The lowest BCUT2D eigenvalue weighted by molar-refractivity contribution is 0.404. The lowest BCUT2D eigenvalue weighted by atomic mass is 9.86. The first-order valence-electron chi connectivity index (χ1n) is 4.08. The van der Waals surface area contributed by atoms with Crippen LogP contribution >= 0.6 is 0 Å². The van der Waals surface area contributed by atoms with E-state index in [0.29, 0.717) is 0 Å². The van der Waals surface area contributed by atoms with Gasteiger partial charge in [-0.05, 0) is 5.41 Å². The van der Waals surface area contributed by atoms with Gasteiger partial charge in [-0.25, -0.2) is 17.6 Å². The maximum atomic E-state index is 13.2. The van der Waals surface area contributed by atoms with Crippen LogP contribution in [0.4, 0.5) is 17.6 Å². The van der Waals surface area contributed by atoms with E-state index in [9.17, 15) is 17.6 Å². The molecule has 1 rings (SSSR count). The monoisotopic (exact) mass is 206 g/mol. The predicted molar refractivity (Wildman–Crippen MR) is 45.0 cm³/mol. The minimum absolute atomic E-state index is 0.208. The van der Waals surface area contributed by atoms with Crippen LogP contribution in [-0.4, -0.2) is 0 Å². The zero-order valence-corrected chi connectivity index (χ0v) is 8.09. The van der Waals surface area contributed by atoms with Crippen LogP contribution in [0.15, 0.2) is 6.07 Å². The molecule has 78 valence electrons. The molecule has 0 aliphatic heterocycles. The molecule has 0 aliphatic rings. The van der Waals surface area contributed by atoms with Crippen LogP contribution in [0, 0.1) is 23.3 Å². The highest BCUT2D eigenvalue weighted by molar-refractivity contribution is 5.28. The van der Waals surface area contributed by atoms with E-state index in [-0.39, 0.29) is 6.07 Å². The Morgan fingerprint density at radius 3 is 1.50 bits per heavy atom. The Morgan fingerprint density at radius 2 is 1.21 bits per heavy atom. The number of rotatable bonds is 0. The molecule has 0 N–H and O–H groups in total. The molecule has 1 aromatic carbocycles. The topological polar surface area (TPSA) is 0 Å². The van der Waals surface area contributed by atoms with Crippen LogP contribution in [0.2, 0.25) is 0 Å². The zero-order chi connectivity index (χ0) is 11.1. The van der Waals surface area contributed by atoms with Crippen LogP contribution in [0.5, 0.6) is 0 Å². The van der Waals surface area contributed by atoms with Gasteiger partial charge in [-0.15, -0.1) is 0 Å². The van der Waals surface area contributed by atoms with Crippen molar-refractivity contribution in [3.63, 3.8) is 0 Å². The van der Waals surface area contributed by atoms with Crippen molar-refractivity contribution in [2.75, 3.05) is 0 Å². The van der Waals surface area contributed by atoms with Gasteiger partial charge >= 0.3 is 0 Å². The summed E-state index contributed by atoms with van der Waals surface area (Å²) < 4.78 is 51.9. The van der Waals surface area contributed by atoms with E-state index < -0.39 is 34.2 Å². The van der Waals surface area contributed by atoms with Gasteiger partial charge in [0.2, 0.25) is 0 Å². The maximum Gasteiger partial charge on any atom is 0.165 e. The first kappa shape index (κ1) is 11.0. The molecule has 0 spiro atoms. The second kappa shape index (κ2) is 3.26. The lowest BCUT2D eigenvalue weighted by Gasteiger charge is -2.20. The lowest BCUT2D eigenvalue weighted by Crippen LogP contribution is -2.18. The van der Waals surface area contributed by atoms with E-state index >= 15 is 0 Å². The Labute approximate surface area is 79.6 Å². The molecule has 14 heavy (non-hydrogen) atoms. The molecule has 0 aliphatic carbocycles. The zero-order valence-electron chi connectivity index (χ0n) is 8.09. The molecule has 0 heterocycles. The van der Waals surface area contributed by atoms with Crippen LogP contribution in [-0.2, 0) is 5.41 Å². The van der Waals surface area contributed by atoms with Crippen LogP contribution in [0.3, 0.4) is 0 Å². The Balaban J connectivity index is 3.56. The Kier molecular flexibility index (Phi) is 2.56. The van der Waals surface area contributed by atoms with Gasteiger partial charge in [-0.2, -0.15) is 0 Å². The van der Waals surface area contributed by atoms with Crippen molar-refractivity contribution in [3.05, 3.63) is 34.9 Å². The van der Waals surface area contributed by atoms with E-state index in [0.717, 1.165) is 0 Å². The van der Waals surface area contributed by atoms with Crippen molar-refractivity contribution in [1.29, 1.82) is 0 Å². The fourth-order valence-corrected chi connectivity index (χ4v) is 1.23. The first-order valence-corrected chi connectivity index (χ1v) is 4.08. The summed E-state index contributed by atoms with van der Waals surface area (Å²) in [4.78, 5) is 0. The molecule has 0 bridgehead atoms. The predicted octanol–water partition coefficient (Wildman–Crippen LogP) is 3.54. The largest absolute Gasteiger partial charge is 0.204 e. The molecular formula is C10H10F4. The van der Waals surface area contributed by atoms with E-state index in [4.69, 9.17) is 0 Å². The summed E-state index contributed by atoms with van der Waals surface area (Å²) in [6.45, 7) is 4.44. The average molecular weight is 206 g/mol. The fraction of sp³-hybridized carbons (Fsp3) is 0.400. The Hall–Kier alpha value is -1.06. The SMILES string of the molecule is CC(C)(C)c1c(F)c(F)cc(F)c1F. The molecule has 0 aromatic heterocycles. The molecule has 0 atom stereocenters. The van der Waals surface area contributed by atoms with Gasteiger partial charge in [0.05, 0.1) is 0 Å². The second-order valence-corrected chi connectivity index (χ2v) is 4.09. The summed E-state index contributed by atoms with van der Waals surface area (Å²) in [6, 6.07) is 0.208. The molecule has 0 saturated heterocycles. The van der Waals surface area contributed by atoms with Gasteiger partial charge in [0, 0.05) is 11.6 Å². The molecule has 0 amide bonds. The molecular weight excluding hydrogens is 196 g/mol. The Morgan fingerprint density at radius 1 is 0.857 bits per heavy atom. The van der Waals surface area contributed by atoms with E-state index in [1.54, 1.807) is 0 Å². The van der Waals surface area contributed by atoms with Gasteiger partial charge in [-0.3, -0.25) is 0 Å². The summed E-state index contributed by atoms with van der Waals surface area (Å²) in [6.07, 6.45) is 0. The van der Waals surface area contributed by atoms with Gasteiger partial charge in [0.15, 0.2) is 23.3 Å². The van der Waals surface area contributed by atoms with Crippen molar-refractivity contribution in [2.24, 2.45) is 0 Å². The minimum Gasteiger partial charge on any atom is -0.204 e. The third-order valence-corrected chi connectivity index (χ3v) is 1.86. The van der Waals surface area contributed by atoms with Crippen LogP contribution < -0.4 is 0 Å². The van der Waals surface area contributed by atoms with Gasteiger partial charge in [0.25, 0.3) is 0 Å². The smallest absolute Gasteiger partial charge is 0.165 e. The standard InChI is InChI=1S/C10H10F4/c1-10(2,3)7-8(13)5(11)4-6(12)9(7)14/h4H,1-3H3. The molecule has 0 radical (unpaired) electrons. The highest BCUT2D eigenvalue weighted by Crippen LogP contribution is 2.30. The summed E-state index contributed by atoms with van der Waals surface area (Å²) in [5, 5.41) is 0. The van der Waals surface area contributed by atoms with Crippen molar-refractivity contribution in [1.82, 2.24) is 0 Å². The average Bonchev–Trinajstić information content (AvgIpc) is 1.98. The van der Waals surface area contributed by atoms with Crippen LogP contribution in [0.25, 0.3) is 0 Å². The van der Waals surface area contributed by atoms with Gasteiger partial charge in [0.1, 0.15) is 0 Å². The maximum absolute atomic E-state index is 13.2. The third kappa shape index (κ3) is 1.74. The molecule has 0 fully saturated rings. The van der Waals surface area contributed by atoms with Crippen molar-refractivity contribution < 1.29 is 17.6 Å². The summed E-state index contributed by atoms with van der Waals surface area (Å²) in [7, 11) is 0. The molecule has 0 unspecified atom stereocenters. The number of halogens is 4. The van der Waals surface area contributed by atoms with E-state index in [2.05, 4.69) is 0 Å². The van der Waals surface area contributed by atoms with Gasteiger partial charge in [-0.1, -0.05) is 20.8 Å². The third-order valence-electron chi connectivity index (χ3n) is 1.86. The second-order valence-electron chi connectivity index (χ2n) is 4.09. The van der Waals surface area contributed by atoms with E-state index in [1.165, 1.54) is 20.8 Å². The normalized spacial score (nSPS) is 11.9. The quantitative estimate of drug-likeness (QED) is 0.450. The summed E-state index contributed by atoms with van der Waals surface area (Å²) >= 11 is 0. The highest BCUT2D eigenvalue weighted by Gasteiger charge is 2.28. The highest BCUT2D eigenvalue weighted by atomic mass is 19.2. The fourth-order valence-electron chi connectivity index (χ4n) is 1.23. The molecule has 4 heteroatoms. The van der Waals surface area contributed by atoms with Crippen molar-refractivity contribution in [2.45, 2.75) is 26.2 Å². The summed E-state index contributed by atoms with van der Waals surface area (Å²) in [5.41, 5.74) is -1.54. The number of hydrogen-bond donors (Lipinski definition) is 0. The van der Waals surface area contributed by atoms with Crippen molar-refractivity contribution in [3.8, 4) is 0 Å². The minimum atomic E-state index is -1.37. The van der Waals surface area contributed by atoms with E-state index in [1.807, 2.05) is 0 Å². The van der Waals surface area contributed by atoms with Crippen LogP contribution in [0.1, 0.15) is 26.3 Å². The summed E-state index contributed by atoms with van der Waals surface area (Å²) in [5.74, 6) is -5.38. The molecule has 0 saturated carbocycles. The molecule has 1 aromatic rings. The number of hydrogen-bond acceptors (Lipinski definition) is 0. The van der Waals surface area contributed by atoms with Gasteiger partial charge < -0.3 is 0 Å².